The molecule has 0 aliphatic heterocycles. The van der Waals surface area contributed by atoms with Crippen LogP contribution in [-0.4, -0.2) is 18.0 Å². The fourth-order valence-electron chi connectivity index (χ4n) is 2.93. The van der Waals surface area contributed by atoms with Crippen molar-refractivity contribution in [1.29, 1.82) is 0 Å². The third-order valence-corrected chi connectivity index (χ3v) is 4.81. The molecule has 1 heterocycles. The molecule has 0 unspecified atom stereocenters. The monoisotopic (exact) mass is 410 g/mol. The van der Waals surface area contributed by atoms with Crippen molar-refractivity contribution in [3.05, 3.63) is 88.7 Å². The lowest BCUT2D eigenvalue weighted by atomic mass is 10.0. The summed E-state index contributed by atoms with van der Waals surface area (Å²) in [5.41, 5.74) is 2.49. The van der Waals surface area contributed by atoms with Crippen LogP contribution in [0.25, 0.3) is 0 Å². The lowest BCUT2D eigenvalue weighted by Gasteiger charge is -2.18. The van der Waals surface area contributed by atoms with E-state index in [4.69, 9.17) is 21.1 Å². The quantitative estimate of drug-likeness (QED) is 0.554. The Kier molecular flexibility index (Phi) is 7.09. The zero-order valence-electron chi connectivity index (χ0n) is 16.4. The van der Waals surface area contributed by atoms with E-state index in [-0.39, 0.29) is 11.9 Å². The number of methoxy groups -OCH3 is 1. The molecule has 1 atom stereocenters. The first-order valence-electron chi connectivity index (χ1n) is 9.36. The molecule has 0 aliphatic carbocycles. The average molecular weight is 411 g/mol. The van der Waals surface area contributed by atoms with Gasteiger partial charge >= 0.3 is 0 Å². The van der Waals surface area contributed by atoms with Gasteiger partial charge in [0, 0.05) is 23.0 Å². The van der Waals surface area contributed by atoms with E-state index in [0.717, 1.165) is 17.5 Å². The van der Waals surface area contributed by atoms with Crippen LogP contribution in [0.1, 0.15) is 40.9 Å². The van der Waals surface area contributed by atoms with Gasteiger partial charge in [0.2, 0.25) is 0 Å². The van der Waals surface area contributed by atoms with Gasteiger partial charge in [0.05, 0.1) is 13.2 Å². The molecule has 29 heavy (non-hydrogen) atoms. The third-order valence-electron chi connectivity index (χ3n) is 4.56. The molecule has 0 saturated heterocycles. The second-order valence-electron chi connectivity index (χ2n) is 6.50. The number of carbonyl (C=O) groups excluding carboxylic acids is 1. The van der Waals surface area contributed by atoms with Gasteiger partial charge in [0.1, 0.15) is 6.61 Å². The number of nitrogens with one attached hydrogen (secondary N) is 1. The number of amides is 1. The van der Waals surface area contributed by atoms with Crippen LogP contribution in [0.2, 0.25) is 5.02 Å². The molecule has 0 radical (unpaired) electrons. The SMILES string of the molecule is CC[C@@H](NC(=O)c1ccc(OC)c(OCc2ccncc2)c1)c1ccc(Cl)cc1. The fourth-order valence-corrected chi connectivity index (χ4v) is 3.05. The maximum Gasteiger partial charge on any atom is 0.251 e. The maximum absolute atomic E-state index is 12.8. The minimum Gasteiger partial charge on any atom is -0.493 e. The smallest absolute Gasteiger partial charge is 0.251 e. The van der Waals surface area contributed by atoms with E-state index in [1.165, 1.54) is 0 Å². The maximum atomic E-state index is 12.8. The summed E-state index contributed by atoms with van der Waals surface area (Å²) in [6.07, 6.45) is 4.18. The van der Waals surface area contributed by atoms with Gasteiger partial charge in [-0.1, -0.05) is 30.7 Å². The summed E-state index contributed by atoms with van der Waals surface area (Å²) in [7, 11) is 1.57. The summed E-state index contributed by atoms with van der Waals surface area (Å²) in [5.74, 6) is 0.903. The number of hydrogen-bond donors (Lipinski definition) is 1. The summed E-state index contributed by atoms with van der Waals surface area (Å²) in [5, 5.41) is 3.74. The van der Waals surface area contributed by atoms with Crippen LogP contribution in [0.5, 0.6) is 11.5 Å². The lowest BCUT2D eigenvalue weighted by Crippen LogP contribution is -2.28. The van der Waals surface area contributed by atoms with Crippen LogP contribution in [0, 0.1) is 0 Å². The fraction of sp³-hybridized carbons (Fsp3) is 0.217. The Labute approximate surface area is 175 Å². The van der Waals surface area contributed by atoms with Crippen molar-refractivity contribution in [2.75, 3.05) is 7.11 Å². The molecule has 3 rings (SSSR count). The molecular formula is C23H23ClN2O3. The number of carbonyl (C=O) groups is 1. The molecule has 1 aromatic heterocycles. The number of halogens is 1. The molecule has 2 aromatic carbocycles. The summed E-state index contributed by atoms with van der Waals surface area (Å²) in [6.45, 7) is 2.38. The van der Waals surface area contributed by atoms with E-state index in [2.05, 4.69) is 10.3 Å². The first-order valence-corrected chi connectivity index (χ1v) is 9.74. The Morgan fingerprint density at radius 1 is 1.07 bits per heavy atom. The van der Waals surface area contributed by atoms with E-state index >= 15 is 0 Å². The number of nitrogens with zero attached hydrogens (tertiary/aromatic N) is 1. The summed E-state index contributed by atoms with van der Waals surface area (Å²) >= 11 is 5.96. The number of ether oxygens (including phenoxy) is 2. The van der Waals surface area contributed by atoms with E-state index in [9.17, 15) is 4.79 Å². The van der Waals surface area contributed by atoms with Gasteiger partial charge in [0.25, 0.3) is 5.91 Å². The molecule has 0 spiro atoms. The Morgan fingerprint density at radius 2 is 1.79 bits per heavy atom. The number of aromatic nitrogens is 1. The summed E-state index contributed by atoms with van der Waals surface area (Å²) < 4.78 is 11.3. The predicted octanol–water partition coefficient (Wildman–Crippen LogP) is 5.20. The molecule has 0 aliphatic rings. The molecular weight excluding hydrogens is 388 g/mol. The van der Waals surface area contributed by atoms with Crippen LogP contribution in [0.3, 0.4) is 0 Å². The van der Waals surface area contributed by atoms with Crippen molar-refractivity contribution < 1.29 is 14.3 Å². The molecule has 0 saturated carbocycles. The van der Waals surface area contributed by atoms with Crippen molar-refractivity contribution in [3.63, 3.8) is 0 Å². The number of hydrogen-bond acceptors (Lipinski definition) is 4. The van der Waals surface area contributed by atoms with Gasteiger partial charge in [0.15, 0.2) is 11.5 Å². The number of rotatable bonds is 8. The highest BCUT2D eigenvalue weighted by Crippen LogP contribution is 2.29. The van der Waals surface area contributed by atoms with Crippen molar-refractivity contribution in [3.8, 4) is 11.5 Å². The number of benzene rings is 2. The van der Waals surface area contributed by atoms with Crippen molar-refractivity contribution in [1.82, 2.24) is 10.3 Å². The van der Waals surface area contributed by atoms with Gasteiger partial charge in [-0.25, -0.2) is 0 Å². The van der Waals surface area contributed by atoms with Crippen LogP contribution in [-0.2, 0) is 6.61 Å². The summed E-state index contributed by atoms with van der Waals surface area (Å²) in [4.78, 5) is 16.8. The first kappa shape index (κ1) is 20.7. The van der Waals surface area contributed by atoms with Gasteiger partial charge in [-0.15, -0.1) is 0 Å². The molecule has 5 nitrogen and oxygen atoms in total. The van der Waals surface area contributed by atoms with Crippen molar-refractivity contribution in [2.45, 2.75) is 26.0 Å². The van der Waals surface area contributed by atoms with E-state index in [1.54, 1.807) is 37.7 Å². The minimum atomic E-state index is -0.178. The average Bonchev–Trinajstić information content (AvgIpc) is 2.77. The molecule has 0 fully saturated rings. The van der Waals surface area contributed by atoms with Gasteiger partial charge < -0.3 is 14.8 Å². The van der Waals surface area contributed by atoms with Gasteiger partial charge in [-0.3, -0.25) is 9.78 Å². The minimum absolute atomic E-state index is 0.108. The normalized spacial score (nSPS) is 11.6. The van der Waals surface area contributed by atoms with Crippen molar-refractivity contribution in [2.24, 2.45) is 0 Å². The van der Waals surface area contributed by atoms with E-state index in [1.807, 2.05) is 43.3 Å². The highest BCUT2D eigenvalue weighted by Gasteiger charge is 2.16. The zero-order chi connectivity index (χ0) is 20.6. The van der Waals surface area contributed by atoms with E-state index < -0.39 is 0 Å². The van der Waals surface area contributed by atoms with Crippen LogP contribution >= 0.6 is 11.6 Å². The standard InChI is InChI=1S/C23H23ClN2O3/c1-3-20(17-4-7-19(24)8-5-17)26-23(27)18-6-9-21(28-2)22(14-18)29-15-16-10-12-25-13-11-16/h4-14,20H,3,15H2,1-2H3,(H,26,27)/t20-/m1/s1. The second kappa shape index (κ2) is 9.94. The Morgan fingerprint density at radius 3 is 2.45 bits per heavy atom. The van der Waals surface area contributed by atoms with Crippen LogP contribution < -0.4 is 14.8 Å². The van der Waals surface area contributed by atoms with Crippen LogP contribution in [0.4, 0.5) is 0 Å². The largest absolute Gasteiger partial charge is 0.493 e. The third kappa shape index (κ3) is 5.48. The highest BCUT2D eigenvalue weighted by atomic mass is 35.5. The molecule has 6 heteroatoms. The Hall–Kier alpha value is -3.05. The van der Waals surface area contributed by atoms with Gasteiger partial charge in [-0.05, 0) is 60.0 Å². The molecule has 1 N–H and O–H groups in total. The Bertz CT molecular complexity index is 946. The second-order valence-corrected chi connectivity index (χ2v) is 6.93. The van der Waals surface area contributed by atoms with Gasteiger partial charge in [-0.2, -0.15) is 0 Å². The molecule has 3 aromatic rings. The predicted molar refractivity (Wildman–Crippen MR) is 114 cm³/mol. The summed E-state index contributed by atoms with van der Waals surface area (Å²) in [6, 6.07) is 16.3. The number of pyridine rings is 1. The van der Waals surface area contributed by atoms with Crippen molar-refractivity contribution >= 4 is 17.5 Å². The first-order chi connectivity index (χ1) is 14.1. The lowest BCUT2D eigenvalue weighted by molar-refractivity contribution is 0.0935. The zero-order valence-corrected chi connectivity index (χ0v) is 17.1. The Balaban J connectivity index is 1.74. The topological polar surface area (TPSA) is 60.5 Å². The molecule has 150 valence electrons. The van der Waals surface area contributed by atoms with E-state index in [0.29, 0.717) is 28.7 Å². The molecule has 0 bridgehead atoms. The van der Waals surface area contributed by atoms with Crippen LogP contribution in [0.15, 0.2) is 67.0 Å². The molecule has 1 amide bonds. The highest BCUT2D eigenvalue weighted by molar-refractivity contribution is 6.30.